The van der Waals surface area contributed by atoms with Crippen molar-refractivity contribution in [1.82, 2.24) is 4.90 Å². The second kappa shape index (κ2) is 6.50. The number of non-ortho nitro benzene ring substituents is 1. The number of hydrogen-bond donors (Lipinski definition) is 0. The van der Waals surface area contributed by atoms with Gasteiger partial charge in [0, 0.05) is 30.8 Å². The second-order valence-electron chi connectivity index (χ2n) is 4.18. The highest BCUT2D eigenvalue weighted by atomic mass is 16.6. The van der Waals surface area contributed by atoms with Gasteiger partial charge in [0.1, 0.15) is 0 Å². The van der Waals surface area contributed by atoms with E-state index in [0.717, 1.165) is 0 Å². The van der Waals surface area contributed by atoms with Crippen LogP contribution in [0, 0.1) is 27.4 Å². The molecular formula is C13H15N3O3. The maximum absolute atomic E-state index is 12.2. The van der Waals surface area contributed by atoms with Crippen LogP contribution in [-0.2, 0) is 0 Å². The molecule has 19 heavy (non-hydrogen) atoms. The maximum atomic E-state index is 12.2. The van der Waals surface area contributed by atoms with Gasteiger partial charge in [-0.25, -0.2) is 0 Å². The van der Waals surface area contributed by atoms with E-state index in [-0.39, 0.29) is 23.1 Å². The van der Waals surface area contributed by atoms with Gasteiger partial charge < -0.3 is 4.90 Å². The van der Waals surface area contributed by atoms with Crippen LogP contribution in [0.5, 0.6) is 0 Å². The molecular weight excluding hydrogens is 246 g/mol. The molecule has 0 N–H and O–H groups in total. The first-order valence-electron chi connectivity index (χ1n) is 5.93. The number of nitro benzene ring substituents is 1. The number of nitro groups is 1. The van der Waals surface area contributed by atoms with Gasteiger partial charge in [-0.15, -0.1) is 0 Å². The summed E-state index contributed by atoms with van der Waals surface area (Å²) in [4.78, 5) is 23.8. The molecule has 0 bridgehead atoms. The molecule has 1 aromatic carbocycles. The monoisotopic (exact) mass is 261 g/mol. The van der Waals surface area contributed by atoms with Gasteiger partial charge >= 0.3 is 0 Å². The third-order valence-electron chi connectivity index (χ3n) is 2.69. The number of hydrogen-bond acceptors (Lipinski definition) is 4. The highest BCUT2D eigenvalue weighted by Gasteiger charge is 2.18. The standard InChI is InChI=1S/C13H15N3O3/c1-3-15(9-10(2)8-14)13(17)11-5-4-6-12(7-11)16(18)19/h4-7,10H,3,9H2,1-2H3. The summed E-state index contributed by atoms with van der Waals surface area (Å²) in [6.45, 7) is 4.30. The van der Waals surface area contributed by atoms with Crippen LogP contribution < -0.4 is 0 Å². The van der Waals surface area contributed by atoms with Crippen molar-refractivity contribution in [3.05, 3.63) is 39.9 Å². The first-order chi connectivity index (χ1) is 8.99. The van der Waals surface area contributed by atoms with Gasteiger partial charge in [-0.2, -0.15) is 5.26 Å². The largest absolute Gasteiger partial charge is 0.338 e. The van der Waals surface area contributed by atoms with Crippen molar-refractivity contribution in [3.8, 4) is 6.07 Å². The van der Waals surface area contributed by atoms with E-state index in [9.17, 15) is 14.9 Å². The lowest BCUT2D eigenvalue weighted by Gasteiger charge is -2.21. The third kappa shape index (κ3) is 3.78. The molecule has 0 radical (unpaired) electrons. The van der Waals surface area contributed by atoms with E-state index in [2.05, 4.69) is 6.07 Å². The summed E-state index contributed by atoms with van der Waals surface area (Å²) in [5, 5.41) is 19.4. The lowest BCUT2D eigenvalue weighted by molar-refractivity contribution is -0.384. The Morgan fingerprint density at radius 1 is 1.58 bits per heavy atom. The molecule has 0 heterocycles. The molecule has 1 rings (SSSR count). The first-order valence-corrected chi connectivity index (χ1v) is 5.93. The Kier molecular flexibility index (Phi) is 5.01. The van der Waals surface area contributed by atoms with Crippen LogP contribution in [0.4, 0.5) is 5.69 Å². The predicted molar refractivity (Wildman–Crippen MR) is 69.5 cm³/mol. The summed E-state index contributed by atoms with van der Waals surface area (Å²) >= 11 is 0. The summed E-state index contributed by atoms with van der Waals surface area (Å²) in [5.41, 5.74) is 0.149. The van der Waals surface area contributed by atoms with Gasteiger partial charge in [-0.05, 0) is 19.9 Å². The van der Waals surface area contributed by atoms with Crippen molar-refractivity contribution in [2.75, 3.05) is 13.1 Å². The Bertz CT molecular complexity index is 522. The van der Waals surface area contributed by atoms with Crippen molar-refractivity contribution < 1.29 is 9.72 Å². The SMILES string of the molecule is CCN(CC(C)C#N)C(=O)c1cccc([N+](=O)[O-])c1. The number of benzene rings is 1. The summed E-state index contributed by atoms with van der Waals surface area (Å²) in [6, 6.07) is 7.67. The highest BCUT2D eigenvalue weighted by molar-refractivity contribution is 5.94. The van der Waals surface area contributed by atoms with E-state index in [4.69, 9.17) is 5.26 Å². The van der Waals surface area contributed by atoms with Gasteiger partial charge in [0.2, 0.25) is 0 Å². The minimum atomic E-state index is -0.537. The Hall–Kier alpha value is -2.42. The first kappa shape index (κ1) is 14.6. The topological polar surface area (TPSA) is 87.2 Å². The Morgan fingerprint density at radius 2 is 2.26 bits per heavy atom. The molecule has 0 aromatic heterocycles. The molecule has 0 aliphatic rings. The molecule has 6 heteroatoms. The fraction of sp³-hybridized carbons (Fsp3) is 0.385. The molecule has 1 atom stereocenters. The maximum Gasteiger partial charge on any atom is 0.270 e. The van der Waals surface area contributed by atoms with Crippen LogP contribution in [0.15, 0.2) is 24.3 Å². The molecule has 0 spiro atoms. The van der Waals surface area contributed by atoms with E-state index in [1.165, 1.54) is 29.2 Å². The lowest BCUT2D eigenvalue weighted by atomic mass is 10.1. The zero-order valence-corrected chi connectivity index (χ0v) is 10.9. The fourth-order valence-electron chi connectivity index (χ4n) is 1.66. The van der Waals surface area contributed by atoms with E-state index < -0.39 is 4.92 Å². The Labute approximate surface area is 111 Å². The molecule has 0 saturated carbocycles. The van der Waals surface area contributed by atoms with Crippen LogP contribution in [0.3, 0.4) is 0 Å². The van der Waals surface area contributed by atoms with Crippen molar-refractivity contribution in [2.45, 2.75) is 13.8 Å². The van der Waals surface area contributed by atoms with Crippen molar-refractivity contribution in [3.63, 3.8) is 0 Å². The van der Waals surface area contributed by atoms with E-state index in [1.807, 2.05) is 0 Å². The molecule has 0 saturated heterocycles. The lowest BCUT2D eigenvalue weighted by Crippen LogP contribution is -2.34. The average molecular weight is 261 g/mol. The van der Waals surface area contributed by atoms with Crippen molar-refractivity contribution >= 4 is 11.6 Å². The van der Waals surface area contributed by atoms with Gasteiger partial charge in [0.25, 0.3) is 11.6 Å². The van der Waals surface area contributed by atoms with Crippen LogP contribution >= 0.6 is 0 Å². The number of rotatable bonds is 5. The molecule has 0 aliphatic heterocycles. The van der Waals surface area contributed by atoms with Crippen LogP contribution in [-0.4, -0.2) is 28.8 Å². The Morgan fingerprint density at radius 3 is 2.79 bits per heavy atom. The molecule has 1 unspecified atom stereocenters. The smallest absolute Gasteiger partial charge is 0.270 e. The zero-order valence-electron chi connectivity index (χ0n) is 10.9. The third-order valence-corrected chi connectivity index (χ3v) is 2.69. The summed E-state index contributed by atoms with van der Waals surface area (Å²) in [7, 11) is 0. The molecule has 0 fully saturated rings. The van der Waals surface area contributed by atoms with E-state index >= 15 is 0 Å². The quantitative estimate of drug-likeness (QED) is 0.600. The summed E-state index contributed by atoms with van der Waals surface area (Å²) < 4.78 is 0. The number of nitriles is 1. The number of carbonyl (C=O) groups is 1. The van der Waals surface area contributed by atoms with Crippen LogP contribution in [0.25, 0.3) is 0 Å². The molecule has 6 nitrogen and oxygen atoms in total. The highest BCUT2D eigenvalue weighted by Crippen LogP contribution is 2.15. The second-order valence-corrected chi connectivity index (χ2v) is 4.18. The molecule has 1 aromatic rings. The van der Waals surface area contributed by atoms with E-state index in [1.54, 1.807) is 13.8 Å². The van der Waals surface area contributed by atoms with Crippen LogP contribution in [0.2, 0.25) is 0 Å². The van der Waals surface area contributed by atoms with Crippen LogP contribution in [0.1, 0.15) is 24.2 Å². The fourth-order valence-corrected chi connectivity index (χ4v) is 1.66. The number of nitrogens with zero attached hydrogens (tertiary/aromatic N) is 3. The van der Waals surface area contributed by atoms with E-state index in [0.29, 0.717) is 13.1 Å². The molecule has 1 amide bonds. The van der Waals surface area contributed by atoms with Gasteiger partial charge in [0.15, 0.2) is 0 Å². The van der Waals surface area contributed by atoms with Crippen molar-refractivity contribution in [2.24, 2.45) is 5.92 Å². The normalized spacial score (nSPS) is 11.4. The summed E-state index contributed by atoms with van der Waals surface area (Å²) in [6.07, 6.45) is 0. The van der Waals surface area contributed by atoms with Gasteiger partial charge in [-0.1, -0.05) is 6.07 Å². The van der Waals surface area contributed by atoms with Crippen molar-refractivity contribution in [1.29, 1.82) is 5.26 Å². The molecule has 0 aliphatic carbocycles. The zero-order chi connectivity index (χ0) is 14.4. The number of amides is 1. The van der Waals surface area contributed by atoms with Gasteiger partial charge in [-0.3, -0.25) is 14.9 Å². The minimum absolute atomic E-state index is 0.116. The number of carbonyl (C=O) groups excluding carboxylic acids is 1. The average Bonchev–Trinajstić information content (AvgIpc) is 2.43. The predicted octanol–water partition coefficient (Wildman–Crippen LogP) is 2.22. The minimum Gasteiger partial charge on any atom is -0.338 e. The Balaban J connectivity index is 2.95. The van der Waals surface area contributed by atoms with Gasteiger partial charge in [0.05, 0.1) is 16.9 Å². The summed E-state index contributed by atoms with van der Waals surface area (Å²) in [5.74, 6) is -0.573. The molecule has 100 valence electrons.